The maximum atomic E-state index is 4.50. The highest BCUT2D eigenvalue weighted by molar-refractivity contribution is 7.05. The first-order valence-corrected chi connectivity index (χ1v) is 6.23. The lowest BCUT2D eigenvalue weighted by Gasteiger charge is -2.29. The molecule has 0 aromatic carbocycles. The molecular weight excluding hydrogens is 206 g/mol. The summed E-state index contributed by atoms with van der Waals surface area (Å²) in [5, 5.41) is 4.50. The summed E-state index contributed by atoms with van der Waals surface area (Å²) in [6, 6.07) is 0.454. The molecule has 0 aliphatic heterocycles. The van der Waals surface area contributed by atoms with Crippen LogP contribution in [0.25, 0.3) is 0 Å². The first kappa shape index (κ1) is 12.6. The summed E-state index contributed by atoms with van der Waals surface area (Å²) in [5.41, 5.74) is 0.257. The van der Waals surface area contributed by atoms with E-state index < -0.39 is 0 Å². The minimum atomic E-state index is 0.257. The number of aryl methyl sites for hydroxylation is 1. The van der Waals surface area contributed by atoms with Gasteiger partial charge in [0.15, 0.2) is 0 Å². The molecular formula is C11H21N3S. The molecule has 0 amide bonds. The fraction of sp³-hybridized carbons (Fsp3) is 0.818. The Morgan fingerprint density at radius 2 is 2.07 bits per heavy atom. The van der Waals surface area contributed by atoms with Gasteiger partial charge in [-0.05, 0) is 24.0 Å². The van der Waals surface area contributed by atoms with E-state index in [1.807, 2.05) is 7.05 Å². The van der Waals surface area contributed by atoms with Crippen LogP contribution in [0.15, 0.2) is 0 Å². The van der Waals surface area contributed by atoms with Crippen LogP contribution in [0.2, 0.25) is 0 Å². The average molecular weight is 227 g/mol. The van der Waals surface area contributed by atoms with E-state index in [9.17, 15) is 0 Å². The van der Waals surface area contributed by atoms with E-state index in [4.69, 9.17) is 0 Å². The van der Waals surface area contributed by atoms with Crippen LogP contribution < -0.4 is 5.32 Å². The van der Waals surface area contributed by atoms with Gasteiger partial charge in [-0.3, -0.25) is 0 Å². The highest BCUT2D eigenvalue weighted by Gasteiger charge is 2.24. The topological polar surface area (TPSA) is 37.8 Å². The van der Waals surface area contributed by atoms with E-state index in [1.54, 1.807) is 0 Å². The molecule has 1 unspecified atom stereocenters. The lowest BCUT2D eigenvalue weighted by atomic mass is 9.85. The molecule has 0 radical (unpaired) electrons. The third kappa shape index (κ3) is 3.54. The predicted molar refractivity (Wildman–Crippen MR) is 65.3 cm³/mol. The second-order valence-electron chi connectivity index (χ2n) is 4.87. The zero-order valence-corrected chi connectivity index (χ0v) is 11.1. The van der Waals surface area contributed by atoms with Crippen molar-refractivity contribution < 1.29 is 0 Å². The normalized spacial score (nSPS) is 14.2. The highest BCUT2D eigenvalue weighted by Crippen LogP contribution is 2.22. The van der Waals surface area contributed by atoms with Gasteiger partial charge in [-0.15, -0.1) is 0 Å². The van der Waals surface area contributed by atoms with Crippen molar-refractivity contribution >= 4 is 11.5 Å². The van der Waals surface area contributed by atoms with Gasteiger partial charge < -0.3 is 5.32 Å². The molecule has 1 aromatic rings. The van der Waals surface area contributed by atoms with E-state index in [0.717, 1.165) is 23.7 Å². The molecule has 0 aliphatic carbocycles. The summed E-state index contributed by atoms with van der Waals surface area (Å²) in [6.45, 7) is 8.83. The van der Waals surface area contributed by atoms with Gasteiger partial charge in [-0.25, -0.2) is 4.98 Å². The molecule has 86 valence electrons. The molecule has 1 N–H and O–H groups in total. The number of likely N-dealkylation sites (N-methyl/N-ethyl adjacent to an activating group) is 1. The van der Waals surface area contributed by atoms with Crippen molar-refractivity contribution in [1.82, 2.24) is 14.7 Å². The van der Waals surface area contributed by atoms with Crippen molar-refractivity contribution in [3.05, 3.63) is 10.8 Å². The Bertz CT molecular complexity index is 301. The number of aromatic nitrogens is 2. The van der Waals surface area contributed by atoms with Gasteiger partial charge in [0.05, 0.1) is 0 Å². The maximum Gasteiger partial charge on any atom is 0.142 e. The molecule has 3 nitrogen and oxygen atoms in total. The SMILES string of the molecule is CCc1nsc(CC(NC)C(C)(C)C)n1. The Kier molecular flexibility index (Phi) is 4.22. The Labute approximate surface area is 96.5 Å². The molecule has 1 heterocycles. The fourth-order valence-electron chi connectivity index (χ4n) is 1.53. The van der Waals surface area contributed by atoms with Crippen LogP contribution >= 0.6 is 11.5 Å². The van der Waals surface area contributed by atoms with Crippen LogP contribution in [0.4, 0.5) is 0 Å². The van der Waals surface area contributed by atoms with Crippen LogP contribution in [0.1, 0.15) is 38.5 Å². The Morgan fingerprint density at radius 1 is 1.40 bits per heavy atom. The third-order valence-corrected chi connectivity index (χ3v) is 3.37. The van der Waals surface area contributed by atoms with Gasteiger partial charge in [0, 0.05) is 18.9 Å². The lowest BCUT2D eigenvalue weighted by Crippen LogP contribution is -2.39. The summed E-state index contributed by atoms with van der Waals surface area (Å²) in [5.74, 6) is 0.971. The van der Waals surface area contributed by atoms with Gasteiger partial charge in [-0.1, -0.05) is 27.7 Å². The van der Waals surface area contributed by atoms with E-state index in [1.165, 1.54) is 11.5 Å². The summed E-state index contributed by atoms with van der Waals surface area (Å²) < 4.78 is 4.31. The molecule has 0 fully saturated rings. The number of hydrogen-bond acceptors (Lipinski definition) is 4. The smallest absolute Gasteiger partial charge is 0.142 e. The standard InChI is InChI=1S/C11H21N3S/c1-6-9-13-10(15-14-9)7-8(12-5)11(2,3)4/h8,12H,6-7H2,1-5H3. The summed E-state index contributed by atoms with van der Waals surface area (Å²) >= 11 is 1.53. The van der Waals surface area contributed by atoms with E-state index in [-0.39, 0.29) is 5.41 Å². The maximum absolute atomic E-state index is 4.50. The molecule has 0 spiro atoms. The van der Waals surface area contributed by atoms with Crippen molar-refractivity contribution in [2.24, 2.45) is 5.41 Å². The van der Waals surface area contributed by atoms with E-state index in [0.29, 0.717) is 6.04 Å². The molecule has 1 rings (SSSR count). The average Bonchev–Trinajstić information content (AvgIpc) is 2.59. The van der Waals surface area contributed by atoms with Crippen molar-refractivity contribution in [2.45, 2.75) is 46.6 Å². The number of rotatable bonds is 4. The Hall–Kier alpha value is -0.480. The number of nitrogens with zero attached hydrogens (tertiary/aromatic N) is 2. The molecule has 15 heavy (non-hydrogen) atoms. The van der Waals surface area contributed by atoms with Gasteiger partial charge in [0.2, 0.25) is 0 Å². The summed E-state index contributed by atoms with van der Waals surface area (Å²) in [4.78, 5) is 4.50. The summed E-state index contributed by atoms with van der Waals surface area (Å²) in [7, 11) is 2.01. The Morgan fingerprint density at radius 3 is 2.47 bits per heavy atom. The zero-order valence-electron chi connectivity index (χ0n) is 10.3. The van der Waals surface area contributed by atoms with Gasteiger partial charge in [0.25, 0.3) is 0 Å². The lowest BCUT2D eigenvalue weighted by molar-refractivity contribution is 0.279. The molecule has 0 aliphatic rings. The van der Waals surface area contributed by atoms with Gasteiger partial charge in [-0.2, -0.15) is 4.37 Å². The van der Waals surface area contributed by atoms with E-state index in [2.05, 4.69) is 42.4 Å². The van der Waals surface area contributed by atoms with Crippen LogP contribution in [-0.4, -0.2) is 22.4 Å². The fourth-order valence-corrected chi connectivity index (χ4v) is 2.30. The van der Waals surface area contributed by atoms with Crippen LogP contribution in [0, 0.1) is 5.41 Å². The van der Waals surface area contributed by atoms with E-state index >= 15 is 0 Å². The van der Waals surface area contributed by atoms with Crippen LogP contribution in [0.3, 0.4) is 0 Å². The molecule has 0 saturated carbocycles. The number of nitrogens with one attached hydrogen (secondary N) is 1. The first-order chi connectivity index (χ1) is 6.97. The second kappa shape index (κ2) is 5.03. The van der Waals surface area contributed by atoms with Gasteiger partial charge in [0.1, 0.15) is 10.8 Å². The second-order valence-corrected chi connectivity index (χ2v) is 5.71. The number of hydrogen-bond donors (Lipinski definition) is 1. The molecule has 0 bridgehead atoms. The predicted octanol–water partition coefficient (Wildman–Crippen LogP) is 2.28. The molecule has 1 atom stereocenters. The summed E-state index contributed by atoms with van der Waals surface area (Å²) in [6.07, 6.45) is 1.90. The Balaban J connectivity index is 2.67. The largest absolute Gasteiger partial charge is 0.316 e. The zero-order chi connectivity index (χ0) is 11.5. The minimum absolute atomic E-state index is 0.257. The van der Waals surface area contributed by atoms with Crippen molar-refractivity contribution in [1.29, 1.82) is 0 Å². The first-order valence-electron chi connectivity index (χ1n) is 5.46. The molecule has 4 heteroatoms. The van der Waals surface area contributed by atoms with Crippen molar-refractivity contribution in [3.8, 4) is 0 Å². The van der Waals surface area contributed by atoms with Crippen molar-refractivity contribution in [3.63, 3.8) is 0 Å². The highest BCUT2D eigenvalue weighted by atomic mass is 32.1. The molecule has 1 aromatic heterocycles. The quantitative estimate of drug-likeness (QED) is 0.857. The monoisotopic (exact) mass is 227 g/mol. The van der Waals surface area contributed by atoms with Gasteiger partial charge >= 0.3 is 0 Å². The van der Waals surface area contributed by atoms with Crippen LogP contribution in [-0.2, 0) is 12.8 Å². The van der Waals surface area contributed by atoms with Crippen molar-refractivity contribution in [2.75, 3.05) is 7.05 Å². The third-order valence-electron chi connectivity index (χ3n) is 2.60. The minimum Gasteiger partial charge on any atom is -0.316 e. The van der Waals surface area contributed by atoms with Crippen LogP contribution in [0.5, 0.6) is 0 Å². The molecule has 0 saturated heterocycles.